The summed E-state index contributed by atoms with van der Waals surface area (Å²) in [5.41, 5.74) is -0.0703. The van der Waals surface area contributed by atoms with Gasteiger partial charge in [0, 0.05) is 0 Å². The number of aliphatic hydroxyl groups is 1. The van der Waals surface area contributed by atoms with Gasteiger partial charge in [0.1, 0.15) is 19.3 Å². The zero-order valence-corrected chi connectivity index (χ0v) is 15.4. The van der Waals surface area contributed by atoms with Crippen molar-refractivity contribution >= 4 is 11.9 Å². The van der Waals surface area contributed by atoms with Crippen LogP contribution in [0.3, 0.4) is 0 Å². The molecule has 0 bridgehead atoms. The fraction of sp³-hybridized carbons (Fsp3) is 0.895. The molecule has 7 nitrogen and oxygen atoms in total. The third kappa shape index (κ3) is 3.62. The van der Waals surface area contributed by atoms with Gasteiger partial charge in [0.2, 0.25) is 0 Å². The summed E-state index contributed by atoms with van der Waals surface area (Å²) in [5, 5.41) is 9.94. The number of hydrogen-bond donors (Lipinski definition) is 1. The molecule has 2 saturated carbocycles. The van der Waals surface area contributed by atoms with Gasteiger partial charge in [0.15, 0.2) is 0 Å². The van der Waals surface area contributed by atoms with E-state index in [2.05, 4.69) is 13.8 Å². The lowest BCUT2D eigenvalue weighted by atomic mass is 9.83. The van der Waals surface area contributed by atoms with Gasteiger partial charge in [-0.1, -0.05) is 0 Å². The summed E-state index contributed by atoms with van der Waals surface area (Å²) < 4.78 is 21.6. The summed E-state index contributed by atoms with van der Waals surface area (Å²) in [4.78, 5) is 24.2. The van der Waals surface area contributed by atoms with E-state index >= 15 is 0 Å². The zero-order chi connectivity index (χ0) is 18.5. The van der Waals surface area contributed by atoms with E-state index in [0.717, 1.165) is 25.7 Å². The van der Waals surface area contributed by atoms with Crippen LogP contribution < -0.4 is 0 Å². The predicted molar refractivity (Wildman–Crippen MR) is 89.2 cm³/mol. The van der Waals surface area contributed by atoms with Gasteiger partial charge in [-0.2, -0.15) is 0 Å². The molecule has 4 rings (SSSR count). The summed E-state index contributed by atoms with van der Waals surface area (Å²) in [6, 6.07) is 0. The van der Waals surface area contributed by atoms with Gasteiger partial charge in [0.25, 0.3) is 0 Å². The van der Waals surface area contributed by atoms with E-state index in [1.165, 1.54) is 0 Å². The summed E-state index contributed by atoms with van der Waals surface area (Å²) in [7, 11) is 0. The number of hydrogen-bond acceptors (Lipinski definition) is 7. The summed E-state index contributed by atoms with van der Waals surface area (Å²) in [6.07, 6.45) is 3.92. The maximum absolute atomic E-state index is 12.1. The molecule has 2 aliphatic carbocycles. The van der Waals surface area contributed by atoms with Crippen LogP contribution in [0.25, 0.3) is 0 Å². The minimum Gasteiger partial charge on any atom is -0.463 e. The van der Waals surface area contributed by atoms with Crippen molar-refractivity contribution in [2.24, 2.45) is 11.8 Å². The van der Waals surface area contributed by atoms with Crippen molar-refractivity contribution in [2.75, 3.05) is 13.2 Å². The molecule has 7 heteroatoms. The van der Waals surface area contributed by atoms with Crippen molar-refractivity contribution in [2.45, 2.75) is 81.9 Å². The number of epoxide rings is 2. The topological polar surface area (TPSA) is 97.9 Å². The van der Waals surface area contributed by atoms with Crippen molar-refractivity contribution in [1.29, 1.82) is 0 Å². The molecule has 0 amide bonds. The fourth-order valence-electron chi connectivity index (χ4n) is 4.36. The Morgan fingerprint density at radius 3 is 1.77 bits per heavy atom. The molecular formula is C19H28O7. The molecule has 0 aromatic carbocycles. The largest absolute Gasteiger partial charge is 0.463 e. The second kappa shape index (κ2) is 6.46. The Hall–Kier alpha value is -1.18. The van der Waals surface area contributed by atoms with Crippen LogP contribution in [-0.4, -0.2) is 59.8 Å². The predicted octanol–water partition coefficient (Wildman–Crippen LogP) is 1.35. The van der Waals surface area contributed by atoms with Crippen LogP contribution in [-0.2, 0) is 28.5 Å². The average Bonchev–Trinajstić information content (AvgIpc) is 3.48. The molecule has 6 unspecified atom stereocenters. The molecule has 4 fully saturated rings. The van der Waals surface area contributed by atoms with E-state index in [1.807, 2.05) is 0 Å². The molecule has 0 radical (unpaired) electrons. The Balaban J connectivity index is 1.12. The highest BCUT2D eigenvalue weighted by atomic mass is 16.6. The first kappa shape index (κ1) is 18.2. The molecule has 2 saturated heterocycles. The number of ether oxygens (including phenoxy) is 4. The maximum atomic E-state index is 12.1. The smallest absolute Gasteiger partial charge is 0.309 e. The summed E-state index contributed by atoms with van der Waals surface area (Å²) >= 11 is 0. The minimum absolute atomic E-state index is 0.0352. The number of esters is 2. The van der Waals surface area contributed by atoms with E-state index in [-0.39, 0.29) is 60.4 Å². The highest BCUT2D eigenvalue weighted by molar-refractivity contribution is 5.73. The lowest BCUT2D eigenvalue weighted by Gasteiger charge is -2.23. The van der Waals surface area contributed by atoms with Crippen molar-refractivity contribution in [3.8, 4) is 0 Å². The van der Waals surface area contributed by atoms with Gasteiger partial charge >= 0.3 is 11.9 Å². The first-order valence-electron chi connectivity index (χ1n) is 9.66. The Kier molecular flexibility index (Phi) is 4.52. The molecule has 0 aromatic rings. The Morgan fingerprint density at radius 2 is 1.38 bits per heavy atom. The van der Waals surface area contributed by atoms with Crippen LogP contribution in [0.15, 0.2) is 0 Å². The second-order valence-electron chi connectivity index (χ2n) is 8.69. The lowest BCUT2D eigenvalue weighted by molar-refractivity contribution is -0.158. The second-order valence-corrected chi connectivity index (χ2v) is 8.69. The van der Waals surface area contributed by atoms with E-state index in [1.54, 1.807) is 0 Å². The normalized spacial score (nSPS) is 44.3. The third-order valence-electron chi connectivity index (χ3n) is 6.55. The molecule has 0 spiro atoms. The van der Waals surface area contributed by atoms with E-state index in [0.29, 0.717) is 12.8 Å². The van der Waals surface area contributed by atoms with E-state index < -0.39 is 6.10 Å². The fourth-order valence-corrected chi connectivity index (χ4v) is 4.36. The quantitative estimate of drug-likeness (QED) is 0.558. The molecule has 2 aliphatic heterocycles. The van der Waals surface area contributed by atoms with Crippen LogP contribution in [0.4, 0.5) is 0 Å². The molecule has 0 aromatic heterocycles. The number of carbonyl (C=O) groups is 2. The molecule has 1 N–H and O–H groups in total. The molecule has 2 heterocycles. The highest BCUT2D eigenvalue weighted by Crippen LogP contribution is 2.50. The van der Waals surface area contributed by atoms with Gasteiger partial charge in [-0.05, 0) is 52.4 Å². The highest BCUT2D eigenvalue weighted by Gasteiger charge is 2.57. The maximum Gasteiger partial charge on any atom is 0.309 e. The van der Waals surface area contributed by atoms with Gasteiger partial charge in [0.05, 0.1) is 35.2 Å². The first-order valence-corrected chi connectivity index (χ1v) is 9.66. The van der Waals surface area contributed by atoms with Gasteiger partial charge < -0.3 is 24.1 Å². The van der Waals surface area contributed by atoms with Gasteiger partial charge in [-0.15, -0.1) is 0 Å². The summed E-state index contributed by atoms with van der Waals surface area (Å²) in [6.45, 7) is 3.83. The minimum atomic E-state index is -1.00. The van der Waals surface area contributed by atoms with Crippen LogP contribution in [0, 0.1) is 11.8 Å². The van der Waals surface area contributed by atoms with Crippen molar-refractivity contribution < 1.29 is 33.6 Å². The molecule has 146 valence electrons. The van der Waals surface area contributed by atoms with Crippen LogP contribution in [0.2, 0.25) is 0 Å². The Morgan fingerprint density at radius 1 is 0.962 bits per heavy atom. The van der Waals surface area contributed by atoms with Crippen molar-refractivity contribution in [3.05, 3.63) is 0 Å². The van der Waals surface area contributed by atoms with E-state index in [9.17, 15) is 14.7 Å². The molecule has 26 heavy (non-hydrogen) atoms. The lowest BCUT2D eigenvalue weighted by Crippen LogP contribution is -2.33. The monoisotopic (exact) mass is 368 g/mol. The third-order valence-corrected chi connectivity index (χ3v) is 6.55. The first-order chi connectivity index (χ1) is 12.3. The Bertz CT molecular complexity index is 542. The van der Waals surface area contributed by atoms with Crippen molar-refractivity contribution in [3.63, 3.8) is 0 Å². The number of rotatable bonds is 6. The number of carbonyl (C=O) groups excluding carboxylic acids is 2. The van der Waals surface area contributed by atoms with Gasteiger partial charge in [-0.25, -0.2) is 0 Å². The van der Waals surface area contributed by atoms with E-state index in [4.69, 9.17) is 18.9 Å². The van der Waals surface area contributed by atoms with Crippen LogP contribution >= 0.6 is 0 Å². The summed E-state index contributed by atoms with van der Waals surface area (Å²) in [5.74, 6) is -0.934. The number of aliphatic hydroxyl groups excluding tert-OH is 1. The standard InChI is InChI=1S/C19H28O7/c1-18-5-3-11(7-14(18)25-18)16(21)23-9-13(20)10-24-17(22)12-4-6-19(2)15(8-12)26-19/h11-15,20H,3-10H2,1-2H3. The van der Waals surface area contributed by atoms with Crippen LogP contribution in [0.5, 0.6) is 0 Å². The SMILES string of the molecule is CC12CCC(C(=O)OCC(O)COC(=O)C3CCC4(C)OC4C3)CC1O2. The number of fused-ring (bicyclic) bond motifs is 2. The molecular weight excluding hydrogens is 340 g/mol. The molecule has 4 aliphatic rings. The molecule has 6 atom stereocenters. The zero-order valence-electron chi connectivity index (χ0n) is 15.4. The van der Waals surface area contributed by atoms with Crippen molar-refractivity contribution in [1.82, 2.24) is 0 Å². The average molecular weight is 368 g/mol. The Labute approximate surface area is 153 Å². The van der Waals surface area contributed by atoms with Crippen LogP contribution in [0.1, 0.15) is 52.4 Å². The van der Waals surface area contributed by atoms with Gasteiger partial charge in [-0.3, -0.25) is 9.59 Å².